The van der Waals surface area contributed by atoms with Crippen molar-refractivity contribution in [1.29, 1.82) is 0 Å². The number of alkyl halides is 3. The van der Waals surface area contributed by atoms with Crippen LogP contribution in [0.1, 0.15) is 64.0 Å². The summed E-state index contributed by atoms with van der Waals surface area (Å²) in [7, 11) is 0. The van der Waals surface area contributed by atoms with Gasteiger partial charge in [0, 0.05) is 36.8 Å². The van der Waals surface area contributed by atoms with Crippen LogP contribution in [0.3, 0.4) is 0 Å². The fourth-order valence-electron chi connectivity index (χ4n) is 5.33. The average Bonchev–Trinajstić information content (AvgIpc) is 3.13. The van der Waals surface area contributed by atoms with Gasteiger partial charge in [0.05, 0.1) is 22.6 Å². The molecule has 1 saturated carbocycles. The third kappa shape index (κ3) is 16.6. The highest BCUT2D eigenvalue weighted by atomic mass is 19.4. The van der Waals surface area contributed by atoms with Crippen LogP contribution in [0, 0.1) is 5.92 Å². The van der Waals surface area contributed by atoms with Crippen LogP contribution >= 0.6 is 0 Å². The monoisotopic (exact) mass is 814 g/mol. The molecule has 0 atom stereocenters. The summed E-state index contributed by atoms with van der Waals surface area (Å²) < 4.78 is 37.3. The Morgan fingerprint density at radius 3 is 1.40 bits per heavy atom. The second-order valence-corrected chi connectivity index (χ2v) is 14.3. The first-order valence-corrected chi connectivity index (χ1v) is 18.1. The number of anilines is 3. The van der Waals surface area contributed by atoms with E-state index < -0.39 is 23.8 Å². The van der Waals surface area contributed by atoms with E-state index >= 15 is 0 Å². The van der Waals surface area contributed by atoms with Crippen molar-refractivity contribution in [2.45, 2.75) is 71.1 Å². The lowest BCUT2D eigenvalue weighted by Crippen LogP contribution is -2.43. The number of amides is 6. The summed E-state index contributed by atoms with van der Waals surface area (Å²) in [5, 5.41) is 71.2. The van der Waals surface area contributed by atoms with E-state index in [0.29, 0.717) is 23.7 Å². The van der Waals surface area contributed by atoms with E-state index in [9.17, 15) is 42.9 Å². The highest BCUT2D eigenvalue weighted by molar-refractivity contribution is 5.92. The van der Waals surface area contributed by atoms with Crippen molar-refractivity contribution < 1.29 is 58.2 Å². The number of aromatic hydroxyl groups is 6. The quantitative estimate of drug-likeness (QED) is 0.0634. The van der Waals surface area contributed by atoms with Crippen LogP contribution in [-0.2, 0) is 12.7 Å². The van der Waals surface area contributed by atoms with Crippen LogP contribution in [0.2, 0.25) is 0 Å². The van der Waals surface area contributed by atoms with E-state index in [1.54, 1.807) is 0 Å². The Labute approximate surface area is 332 Å². The molecule has 0 radical (unpaired) electrons. The number of rotatable bonds is 7. The van der Waals surface area contributed by atoms with Gasteiger partial charge in [-0.1, -0.05) is 31.4 Å². The smallest absolute Gasteiger partial charge is 0.416 e. The summed E-state index contributed by atoms with van der Waals surface area (Å²) in [6, 6.07) is 14.7. The maximum absolute atomic E-state index is 12.4. The van der Waals surface area contributed by atoms with E-state index in [-0.39, 0.29) is 64.0 Å². The standard InChI is InChI=1S/C15H13F3N2O3.C14H20N2O3.C11H16N2O3/c16-15(17,18)10-3-1-9(2-4-10)8-19-14(23)20-12-6-5-11(21)7-13(12)22;17-11-6-7-12(13(18)8-11)16-14(19)15-9-10-4-2-1-3-5-10;1-11(2,3)13-10(16)12-8-5-4-7(14)6-9(8)15/h1-7,21-22H,8H2,(H2,19,20,23);6-8,10,17-18H,1-5,9H2,(H2,15,16,19);4-6,14-15H,1-3H3,(H2,12,13,16). The molecule has 12 N–H and O–H groups in total. The number of halogens is 3. The van der Waals surface area contributed by atoms with Crippen LogP contribution in [0.5, 0.6) is 34.5 Å². The lowest BCUT2D eigenvalue weighted by Gasteiger charge is -2.21. The predicted molar refractivity (Wildman–Crippen MR) is 212 cm³/mol. The van der Waals surface area contributed by atoms with Gasteiger partial charge in [0.25, 0.3) is 0 Å². The van der Waals surface area contributed by atoms with Crippen LogP contribution in [0.4, 0.5) is 44.6 Å². The first-order chi connectivity index (χ1) is 27.2. The average molecular weight is 815 g/mol. The van der Waals surface area contributed by atoms with Crippen molar-refractivity contribution in [3.63, 3.8) is 0 Å². The molecule has 1 fully saturated rings. The van der Waals surface area contributed by atoms with E-state index in [1.165, 1.54) is 86.7 Å². The van der Waals surface area contributed by atoms with Crippen molar-refractivity contribution >= 4 is 35.2 Å². The number of nitrogens with one attached hydrogen (secondary N) is 6. The van der Waals surface area contributed by atoms with Gasteiger partial charge in [0.15, 0.2) is 0 Å². The molecule has 0 saturated heterocycles. The summed E-state index contributed by atoms with van der Waals surface area (Å²) in [6.45, 7) is 6.24. The van der Waals surface area contributed by atoms with Gasteiger partial charge < -0.3 is 62.5 Å². The molecular formula is C40H49F3N6O9. The Morgan fingerprint density at radius 2 is 1.00 bits per heavy atom. The topological polar surface area (TPSA) is 245 Å². The number of phenols is 6. The van der Waals surface area contributed by atoms with Crippen molar-refractivity contribution in [1.82, 2.24) is 16.0 Å². The molecule has 0 heterocycles. The zero-order valence-corrected chi connectivity index (χ0v) is 32.1. The highest BCUT2D eigenvalue weighted by Crippen LogP contribution is 2.31. The molecule has 18 heteroatoms. The fourth-order valence-corrected chi connectivity index (χ4v) is 5.33. The Hall–Kier alpha value is -6.72. The van der Waals surface area contributed by atoms with Gasteiger partial charge in [-0.3, -0.25) is 0 Å². The number of benzene rings is 4. The van der Waals surface area contributed by atoms with E-state index in [0.717, 1.165) is 24.3 Å². The van der Waals surface area contributed by atoms with Gasteiger partial charge in [-0.05, 0) is 93.6 Å². The van der Waals surface area contributed by atoms with Crippen LogP contribution in [-0.4, -0.2) is 60.8 Å². The molecular weight excluding hydrogens is 765 g/mol. The van der Waals surface area contributed by atoms with Gasteiger partial charge in [-0.2, -0.15) is 13.2 Å². The molecule has 6 amide bonds. The summed E-state index contributed by atoms with van der Waals surface area (Å²) in [6.07, 6.45) is 1.72. The zero-order chi connectivity index (χ0) is 43.0. The number of hydrogen-bond donors (Lipinski definition) is 12. The molecule has 4 aromatic rings. The van der Waals surface area contributed by atoms with E-state index in [1.807, 2.05) is 20.8 Å². The number of hydrogen-bond acceptors (Lipinski definition) is 9. The third-order valence-corrected chi connectivity index (χ3v) is 8.19. The van der Waals surface area contributed by atoms with Crippen LogP contribution in [0.25, 0.3) is 0 Å². The van der Waals surface area contributed by atoms with Crippen LogP contribution in [0.15, 0.2) is 78.9 Å². The Bertz CT molecular complexity index is 1980. The van der Waals surface area contributed by atoms with Crippen molar-refractivity contribution in [3.05, 3.63) is 90.0 Å². The molecule has 15 nitrogen and oxygen atoms in total. The lowest BCUT2D eigenvalue weighted by atomic mass is 9.89. The maximum atomic E-state index is 12.4. The molecule has 1 aliphatic rings. The minimum Gasteiger partial charge on any atom is -0.508 e. The van der Waals surface area contributed by atoms with Crippen molar-refractivity contribution in [2.75, 3.05) is 22.5 Å². The second-order valence-electron chi connectivity index (χ2n) is 14.3. The summed E-state index contributed by atoms with van der Waals surface area (Å²) >= 11 is 0. The van der Waals surface area contributed by atoms with E-state index in [2.05, 4.69) is 31.9 Å². The largest absolute Gasteiger partial charge is 0.508 e. The Kier molecular flexibility index (Phi) is 16.5. The van der Waals surface area contributed by atoms with Gasteiger partial charge >= 0.3 is 24.3 Å². The number of carbonyl (C=O) groups excluding carboxylic acids is 3. The van der Waals surface area contributed by atoms with Gasteiger partial charge in [-0.25, -0.2) is 14.4 Å². The molecule has 4 aromatic carbocycles. The lowest BCUT2D eigenvalue weighted by molar-refractivity contribution is -0.137. The molecule has 0 aromatic heterocycles. The van der Waals surface area contributed by atoms with Crippen molar-refractivity contribution in [2.24, 2.45) is 5.92 Å². The summed E-state index contributed by atoms with van der Waals surface area (Å²) in [5.74, 6) is -0.317. The predicted octanol–water partition coefficient (Wildman–Crippen LogP) is 8.26. The van der Waals surface area contributed by atoms with Gasteiger partial charge in [0.1, 0.15) is 34.5 Å². The first-order valence-electron chi connectivity index (χ1n) is 18.1. The molecule has 58 heavy (non-hydrogen) atoms. The normalized spacial score (nSPS) is 12.7. The molecule has 1 aliphatic carbocycles. The minimum atomic E-state index is -4.40. The molecule has 314 valence electrons. The third-order valence-electron chi connectivity index (χ3n) is 8.19. The van der Waals surface area contributed by atoms with Crippen LogP contribution < -0.4 is 31.9 Å². The number of urea groups is 3. The number of carbonyl (C=O) groups is 3. The molecule has 0 bridgehead atoms. The number of phenolic OH excluding ortho intramolecular Hbond substituents is 6. The summed E-state index contributed by atoms with van der Waals surface area (Å²) in [5.41, 5.74) is 0.00499. The minimum absolute atomic E-state index is 0.0167. The molecule has 5 rings (SSSR count). The Morgan fingerprint density at radius 1 is 0.586 bits per heavy atom. The summed E-state index contributed by atoms with van der Waals surface area (Å²) in [4.78, 5) is 34.8. The molecule has 0 spiro atoms. The molecule has 0 aliphatic heterocycles. The first kappa shape index (κ1) is 45.7. The van der Waals surface area contributed by atoms with Crippen molar-refractivity contribution in [3.8, 4) is 34.5 Å². The SMILES string of the molecule is CC(C)(C)NC(=O)Nc1ccc(O)cc1O.O=C(NCC1CCCCC1)Nc1ccc(O)cc1O.O=C(NCc1ccc(C(F)(F)F)cc1)Nc1ccc(O)cc1O. The zero-order valence-electron chi connectivity index (χ0n) is 32.1. The second kappa shape index (κ2) is 21.0. The molecule has 0 unspecified atom stereocenters. The maximum Gasteiger partial charge on any atom is 0.416 e. The highest BCUT2D eigenvalue weighted by Gasteiger charge is 2.30. The van der Waals surface area contributed by atoms with Gasteiger partial charge in [0.2, 0.25) is 0 Å². The van der Waals surface area contributed by atoms with E-state index in [4.69, 9.17) is 15.3 Å². The fraction of sp³-hybridized carbons (Fsp3) is 0.325. The Balaban J connectivity index is 0.000000237. The van der Waals surface area contributed by atoms with Gasteiger partial charge in [-0.15, -0.1) is 0 Å².